The molecule has 0 aromatic carbocycles. The third-order valence-electron chi connectivity index (χ3n) is 6.17. The van der Waals surface area contributed by atoms with Crippen molar-refractivity contribution in [3.05, 3.63) is 0 Å². The monoisotopic (exact) mass is 422 g/mol. The van der Waals surface area contributed by atoms with E-state index in [-0.39, 0.29) is 12.2 Å². The molecule has 0 amide bonds. The molecule has 4 heteroatoms. The first-order valence-corrected chi connectivity index (χ1v) is 13.2. The summed E-state index contributed by atoms with van der Waals surface area (Å²) in [5.74, 6) is 1.05. The van der Waals surface area contributed by atoms with Gasteiger partial charge in [0.25, 0.3) is 0 Å². The fourth-order valence-corrected chi connectivity index (χ4v) is 4.30. The van der Waals surface area contributed by atoms with Gasteiger partial charge in [0, 0.05) is 19.4 Å². The number of rotatable bonds is 20. The fraction of sp³-hybridized carbons (Fsp3) is 0.923. The van der Waals surface area contributed by atoms with Gasteiger partial charge < -0.3 is 9.64 Å². The summed E-state index contributed by atoms with van der Waals surface area (Å²) < 4.78 is 5.64. The quantitative estimate of drug-likeness (QED) is 0.149. The first-order chi connectivity index (χ1) is 14.7. The van der Waals surface area contributed by atoms with E-state index in [9.17, 15) is 4.79 Å². The molecule has 30 heavy (non-hydrogen) atoms. The van der Waals surface area contributed by atoms with Crippen molar-refractivity contribution in [1.82, 2.24) is 4.90 Å². The first-order valence-electron chi connectivity index (χ1n) is 13.2. The lowest BCUT2D eigenvalue weighted by Crippen LogP contribution is -2.39. The van der Waals surface area contributed by atoms with Crippen molar-refractivity contribution in [2.45, 2.75) is 143 Å². The molecule has 0 saturated heterocycles. The number of unbranched alkanes of at least 4 members (excludes halogenated alkanes) is 14. The number of carbonyl (C=O) groups is 1. The summed E-state index contributed by atoms with van der Waals surface area (Å²) in [6.45, 7) is 8.12. The van der Waals surface area contributed by atoms with Gasteiger partial charge in [0.2, 0.25) is 0 Å². The molecular weight excluding hydrogens is 372 g/mol. The van der Waals surface area contributed by atoms with E-state index >= 15 is 0 Å². The molecule has 0 saturated carbocycles. The summed E-state index contributed by atoms with van der Waals surface area (Å²) in [4.78, 5) is 18.8. The number of hydrogen-bond donors (Lipinski definition) is 0. The summed E-state index contributed by atoms with van der Waals surface area (Å²) in [5, 5.41) is 0. The molecule has 1 rings (SSSR count). The molecule has 4 nitrogen and oxygen atoms in total. The highest BCUT2D eigenvalue weighted by atomic mass is 16.6. The van der Waals surface area contributed by atoms with Crippen molar-refractivity contribution in [2.24, 2.45) is 4.99 Å². The highest BCUT2D eigenvalue weighted by Gasteiger charge is 2.23. The van der Waals surface area contributed by atoms with Crippen molar-refractivity contribution < 1.29 is 9.53 Å². The summed E-state index contributed by atoms with van der Waals surface area (Å²) in [7, 11) is 0. The lowest BCUT2D eigenvalue weighted by atomic mass is 10.0. The largest absolute Gasteiger partial charge is 0.442 e. The molecule has 1 aliphatic rings. The van der Waals surface area contributed by atoms with E-state index < -0.39 is 0 Å². The molecule has 0 spiro atoms. The minimum absolute atomic E-state index is 0.0556. The standard InChI is InChI=1S/C26H50N2O2/c1-4-6-7-8-9-10-11-12-13-14-15-16-17-18-19-21-26(29)30-24(3)28-23-22-27-25(28)20-5-2/h24H,4-23H2,1-3H3. The number of nitrogens with zero attached hydrogens (tertiary/aromatic N) is 2. The molecule has 1 unspecified atom stereocenters. The minimum Gasteiger partial charge on any atom is -0.442 e. The van der Waals surface area contributed by atoms with Crippen LogP contribution in [0.25, 0.3) is 0 Å². The second-order valence-corrected chi connectivity index (χ2v) is 9.03. The smallest absolute Gasteiger partial charge is 0.307 e. The van der Waals surface area contributed by atoms with Crippen molar-refractivity contribution in [1.29, 1.82) is 0 Å². The Kier molecular flexibility index (Phi) is 16.8. The van der Waals surface area contributed by atoms with E-state index in [1.165, 1.54) is 83.5 Å². The van der Waals surface area contributed by atoms with Gasteiger partial charge in [-0.1, -0.05) is 104 Å². The van der Waals surface area contributed by atoms with Crippen LogP contribution in [-0.2, 0) is 9.53 Å². The number of ether oxygens (including phenoxy) is 1. The van der Waals surface area contributed by atoms with Crippen molar-refractivity contribution in [3.63, 3.8) is 0 Å². The van der Waals surface area contributed by atoms with Crippen LogP contribution in [-0.4, -0.2) is 36.0 Å². The second kappa shape index (κ2) is 18.7. The van der Waals surface area contributed by atoms with Crippen molar-refractivity contribution in [2.75, 3.05) is 13.1 Å². The lowest BCUT2D eigenvalue weighted by Gasteiger charge is -2.27. The zero-order valence-electron chi connectivity index (χ0n) is 20.4. The number of amidine groups is 1. The van der Waals surface area contributed by atoms with Gasteiger partial charge in [-0.05, 0) is 19.8 Å². The van der Waals surface area contributed by atoms with Gasteiger partial charge in [-0.15, -0.1) is 0 Å². The number of aliphatic imine (C=N–C) groups is 1. The maximum atomic E-state index is 12.1. The molecule has 0 N–H and O–H groups in total. The number of hydrogen-bond acceptors (Lipinski definition) is 4. The summed E-state index contributed by atoms with van der Waals surface area (Å²) in [6.07, 6.45) is 22.6. The Morgan fingerprint density at radius 3 is 1.83 bits per heavy atom. The fourth-order valence-electron chi connectivity index (χ4n) is 4.30. The highest BCUT2D eigenvalue weighted by molar-refractivity contribution is 5.84. The Bertz CT molecular complexity index is 450. The van der Waals surface area contributed by atoms with E-state index in [2.05, 4.69) is 23.7 Å². The lowest BCUT2D eigenvalue weighted by molar-refractivity contribution is -0.154. The molecule has 1 heterocycles. The Hall–Kier alpha value is -1.06. The minimum atomic E-state index is -0.179. The van der Waals surface area contributed by atoms with Crippen LogP contribution in [0.15, 0.2) is 4.99 Å². The van der Waals surface area contributed by atoms with Gasteiger partial charge in [0.15, 0.2) is 6.23 Å². The Balaban J connectivity index is 1.87. The highest BCUT2D eigenvalue weighted by Crippen LogP contribution is 2.15. The molecule has 0 aliphatic carbocycles. The van der Waals surface area contributed by atoms with E-state index in [0.717, 1.165) is 44.6 Å². The number of carbonyl (C=O) groups excluding carboxylic acids is 1. The zero-order chi connectivity index (χ0) is 21.9. The maximum Gasteiger partial charge on any atom is 0.307 e. The van der Waals surface area contributed by atoms with Gasteiger partial charge in [-0.25, -0.2) is 0 Å². The van der Waals surface area contributed by atoms with Gasteiger partial charge in [-0.3, -0.25) is 9.79 Å². The normalized spacial score (nSPS) is 14.8. The van der Waals surface area contributed by atoms with Gasteiger partial charge in [-0.2, -0.15) is 0 Å². The topological polar surface area (TPSA) is 41.9 Å². The van der Waals surface area contributed by atoms with Gasteiger partial charge in [0.1, 0.15) is 5.84 Å². The van der Waals surface area contributed by atoms with E-state index in [1.807, 2.05) is 6.92 Å². The molecule has 0 aromatic heterocycles. The van der Waals surface area contributed by atoms with Crippen LogP contribution in [0, 0.1) is 0 Å². The molecule has 0 radical (unpaired) electrons. The Labute approximate surface area is 187 Å². The van der Waals surface area contributed by atoms with Gasteiger partial charge >= 0.3 is 5.97 Å². The summed E-state index contributed by atoms with van der Waals surface area (Å²) in [6, 6.07) is 0. The summed E-state index contributed by atoms with van der Waals surface area (Å²) in [5.41, 5.74) is 0. The van der Waals surface area contributed by atoms with Crippen LogP contribution in [0.5, 0.6) is 0 Å². The van der Waals surface area contributed by atoms with Crippen LogP contribution in [0.3, 0.4) is 0 Å². The molecule has 176 valence electrons. The van der Waals surface area contributed by atoms with Gasteiger partial charge in [0.05, 0.1) is 6.54 Å². The first kappa shape index (κ1) is 27.0. The molecule has 1 atom stereocenters. The molecular formula is C26H50N2O2. The van der Waals surface area contributed by atoms with Crippen LogP contribution in [0.1, 0.15) is 136 Å². The van der Waals surface area contributed by atoms with Crippen molar-refractivity contribution in [3.8, 4) is 0 Å². The SMILES string of the molecule is CCCCCCCCCCCCCCCCCC(=O)OC(C)N1CCN=C1CCC. The molecule has 0 fully saturated rings. The second-order valence-electron chi connectivity index (χ2n) is 9.03. The summed E-state index contributed by atoms with van der Waals surface area (Å²) >= 11 is 0. The van der Waals surface area contributed by atoms with Crippen LogP contribution in [0.4, 0.5) is 0 Å². The Morgan fingerprint density at radius 2 is 1.33 bits per heavy atom. The maximum absolute atomic E-state index is 12.1. The average Bonchev–Trinajstić information content (AvgIpc) is 3.19. The average molecular weight is 423 g/mol. The van der Waals surface area contributed by atoms with E-state index in [4.69, 9.17) is 4.74 Å². The predicted molar refractivity (Wildman–Crippen MR) is 129 cm³/mol. The van der Waals surface area contributed by atoms with Crippen molar-refractivity contribution >= 4 is 11.8 Å². The van der Waals surface area contributed by atoms with E-state index in [1.54, 1.807) is 0 Å². The van der Waals surface area contributed by atoms with Crippen LogP contribution >= 0.6 is 0 Å². The molecule has 0 aromatic rings. The Morgan fingerprint density at radius 1 is 0.833 bits per heavy atom. The third-order valence-corrected chi connectivity index (χ3v) is 6.17. The molecule has 0 bridgehead atoms. The molecule has 1 aliphatic heterocycles. The zero-order valence-corrected chi connectivity index (χ0v) is 20.4. The van der Waals surface area contributed by atoms with E-state index in [0.29, 0.717) is 6.42 Å². The predicted octanol–water partition coefficient (Wildman–Crippen LogP) is 7.65. The number of esters is 1. The van der Waals surface area contributed by atoms with Crippen LogP contribution < -0.4 is 0 Å². The van der Waals surface area contributed by atoms with Crippen LogP contribution in [0.2, 0.25) is 0 Å². The third kappa shape index (κ3) is 13.3.